The molecule has 0 aliphatic heterocycles. The van der Waals surface area contributed by atoms with Gasteiger partial charge >= 0.3 is 0 Å². The number of nitrogens with zero attached hydrogens (tertiary/aromatic N) is 1. The SMILES string of the molecule is COc1ccc2nc(NC(=O)[C@@H](NS(=O)(=O)c3cccs3)C(C)C)sc2c1. The van der Waals surface area contributed by atoms with Crippen molar-refractivity contribution in [1.82, 2.24) is 9.71 Å². The van der Waals surface area contributed by atoms with Gasteiger partial charge in [0, 0.05) is 0 Å². The second-order valence-electron chi connectivity index (χ2n) is 6.12. The van der Waals surface area contributed by atoms with Gasteiger partial charge in [0.2, 0.25) is 5.91 Å². The summed E-state index contributed by atoms with van der Waals surface area (Å²) >= 11 is 2.40. The summed E-state index contributed by atoms with van der Waals surface area (Å²) in [6, 6.07) is 7.67. The first-order chi connectivity index (χ1) is 12.8. The molecule has 0 unspecified atom stereocenters. The molecule has 1 atom stereocenters. The second kappa shape index (κ2) is 7.93. The lowest BCUT2D eigenvalue weighted by molar-refractivity contribution is -0.118. The van der Waals surface area contributed by atoms with Crippen LogP contribution in [0, 0.1) is 5.92 Å². The normalized spacial score (nSPS) is 13.0. The number of thiophene rings is 1. The van der Waals surface area contributed by atoms with Crippen LogP contribution in [0.2, 0.25) is 0 Å². The number of aromatic nitrogens is 1. The number of hydrogen-bond donors (Lipinski definition) is 2. The van der Waals surface area contributed by atoms with Crippen molar-refractivity contribution in [3.8, 4) is 5.75 Å². The Kier molecular flexibility index (Phi) is 5.80. The van der Waals surface area contributed by atoms with Crippen molar-refractivity contribution in [2.24, 2.45) is 5.92 Å². The van der Waals surface area contributed by atoms with Crippen LogP contribution < -0.4 is 14.8 Å². The van der Waals surface area contributed by atoms with Crippen LogP contribution >= 0.6 is 22.7 Å². The van der Waals surface area contributed by atoms with Crippen LogP contribution in [0.4, 0.5) is 5.13 Å². The topological polar surface area (TPSA) is 97.4 Å². The Morgan fingerprint density at radius 3 is 2.67 bits per heavy atom. The zero-order valence-electron chi connectivity index (χ0n) is 14.9. The highest BCUT2D eigenvalue weighted by atomic mass is 32.2. The maximum absolute atomic E-state index is 12.7. The molecule has 0 bridgehead atoms. The van der Waals surface area contributed by atoms with Crippen LogP contribution in [-0.4, -0.2) is 32.5 Å². The monoisotopic (exact) mass is 425 g/mol. The first kappa shape index (κ1) is 19.7. The van der Waals surface area contributed by atoms with Crippen LogP contribution in [0.15, 0.2) is 39.9 Å². The third-order valence-electron chi connectivity index (χ3n) is 3.82. The summed E-state index contributed by atoms with van der Waals surface area (Å²) in [5.74, 6) is 0.0122. The number of sulfonamides is 1. The first-order valence-corrected chi connectivity index (χ1v) is 11.3. The summed E-state index contributed by atoms with van der Waals surface area (Å²) in [7, 11) is -2.18. The number of thiazole rings is 1. The van der Waals surface area contributed by atoms with Gasteiger partial charge in [-0.3, -0.25) is 4.79 Å². The molecular weight excluding hydrogens is 406 g/mol. The van der Waals surface area contributed by atoms with E-state index in [0.717, 1.165) is 21.6 Å². The maximum Gasteiger partial charge on any atom is 0.250 e. The smallest absolute Gasteiger partial charge is 0.250 e. The molecule has 27 heavy (non-hydrogen) atoms. The van der Waals surface area contributed by atoms with Gasteiger partial charge in [-0.1, -0.05) is 31.3 Å². The van der Waals surface area contributed by atoms with Gasteiger partial charge in [0.25, 0.3) is 10.0 Å². The number of rotatable bonds is 7. The van der Waals surface area contributed by atoms with Crippen molar-refractivity contribution < 1.29 is 17.9 Å². The standard InChI is InChI=1S/C17H19N3O4S3/c1-10(2)15(20-27(22,23)14-5-4-8-25-14)16(21)19-17-18-12-7-6-11(24-3)9-13(12)26-17/h4-10,15,20H,1-3H3,(H,18,19,21)/t15-/m0/s1. The minimum Gasteiger partial charge on any atom is -0.497 e. The molecule has 3 rings (SSSR count). The summed E-state index contributed by atoms with van der Waals surface area (Å²) in [5, 5.41) is 4.80. The molecule has 1 amide bonds. The summed E-state index contributed by atoms with van der Waals surface area (Å²) in [6.45, 7) is 3.56. The largest absolute Gasteiger partial charge is 0.497 e. The van der Waals surface area contributed by atoms with Gasteiger partial charge in [0.15, 0.2) is 5.13 Å². The minimum atomic E-state index is -3.76. The Morgan fingerprint density at radius 2 is 2.04 bits per heavy atom. The minimum absolute atomic E-state index is 0.174. The summed E-state index contributed by atoms with van der Waals surface area (Å²) < 4.78 is 33.7. The van der Waals surface area contributed by atoms with E-state index in [0.29, 0.717) is 10.9 Å². The van der Waals surface area contributed by atoms with E-state index in [-0.39, 0.29) is 10.1 Å². The molecule has 2 aromatic heterocycles. The van der Waals surface area contributed by atoms with Gasteiger partial charge in [0.1, 0.15) is 16.0 Å². The quantitative estimate of drug-likeness (QED) is 0.605. The van der Waals surface area contributed by atoms with E-state index in [1.165, 1.54) is 17.4 Å². The van der Waals surface area contributed by atoms with Gasteiger partial charge in [-0.25, -0.2) is 13.4 Å². The molecule has 2 heterocycles. The van der Waals surface area contributed by atoms with Gasteiger partial charge < -0.3 is 10.1 Å². The van der Waals surface area contributed by atoms with Crippen molar-refractivity contribution in [3.63, 3.8) is 0 Å². The Balaban J connectivity index is 1.79. The van der Waals surface area contributed by atoms with E-state index in [2.05, 4.69) is 15.0 Å². The van der Waals surface area contributed by atoms with Gasteiger partial charge in [0.05, 0.1) is 17.3 Å². The van der Waals surface area contributed by atoms with E-state index in [1.54, 1.807) is 44.5 Å². The molecule has 0 radical (unpaired) electrons. The fraction of sp³-hybridized carbons (Fsp3) is 0.294. The zero-order chi connectivity index (χ0) is 19.6. The molecule has 7 nitrogen and oxygen atoms in total. The molecule has 0 saturated heterocycles. The first-order valence-electron chi connectivity index (χ1n) is 8.11. The Bertz CT molecular complexity index is 1040. The number of carbonyl (C=O) groups is 1. The predicted molar refractivity (Wildman–Crippen MR) is 108 cm³/mol. The lowest BCUT2D eigenvalue weighted by Gasteiger charge is -2.20. The van der Waals surface area contributed by atoms with Gasteiger partial charge in [-0.05, 0) is 35.6 Å². The lowest BCUT2D eigenvalue weighted by atomic mass is 10.1. The van der Waals surface area contributed by atoms with E-state index >= 15 is 0 Å². The number of fused-ring (bicyclic) bond motifs is 1. The van der Waals surface area contributed by atoms with Gasteiger partial charge in [-0.2, -0.15) is 4.72 Å². The number of ether oxygens (including phenoxy) is 1. The fourth-order valence-electron chi connectivity index (χ4n) is 2.40. The number of anilines is 1. The van der Waals surface area contributed by atoms with E-state index in [9.17, 15) is 13.2 Å². The number of nitrogens with one attached hydrogen (secondary N) is 2. The van der Waals surface area contributed by atoms with E-state index in [4.69, 9.17) is 4.74 Å². The van der Waals surface area contributed by atoms with Crippen molar-refractivity contribution >= 4 is 54.0 Å². The Morgan fingerprint density at radius 1 is 1.26 bits per heavy atom. The fourth-order valence-corrected chi connectivity index (χ4v) is 5.65. The molecule has 0 saturated carbocycles. The lowest BCUT2D eigenvalue weighted by Crippen LogP contribution is -2.46. The van der Waals surface area contributed by atoms with Crippen molar-refractivity contribution in [2.45, 2.75) is 24.1 Å². The number of methoxy groups -OCH3 is 1. The van der Waals surface area contributed by atoms with E-state index < -0.39 is 22.0 Å². The summed E-state index contributed by atoms with van der Waals surface area (Å²) in [6.07, 6.45) is 0. The van der Waals surface area contributed by atoms with Crippen molar-refractivity contribution in [2.75, 3.05) is 12.4 Å². The highest BCUT2D eigenvalue weighted by Crippen LogP contribution is 2.29. The molecule has 0 aliphatic rings. The zero-order valence-corrected chi connectivity index (χ0v) is 17.4. The third-order valence-corrected chi connectivity index (χ3v) is 7.59. The highest BCUT2D eigenvalue weighted by molar-refractivity contribution is 7.91. The molecule has 0 spiro atoms. The third kappa shape index (κ3) is 4.46. The van der Waals surface area contributed by atoms with Crippen LogP contribution in [0.1, 0.15) is 13.8 Å². The van der Waals surface area contributed by atoms with Crippen molar-refractivity contribution in [3.05, 3.63) is 35.7 Å². The van der Waals surface area contributed by atoms with Crippen LogP contribution in [-0.2, 0) is 14.8 Å². The summed E-state index contributed by atoms with van der Waals surface area (Å²) in [5.41, 5.74) is 0.733. The molecule has 3 aromatic rings. The predicted octanol–water partition coefficient (Wildman–Crippen LogP) is 3.31. The van der Waals surface area contributed by atoms with Crippen LogP contribution in [0.5, 0.6) is 5.75 Å². The Labute approximate surface area is 165 Å². The summed E-state index contributed by atoms with van der Waals surface area (Å²) in [4.78, 5) is 17.1. The molecular formula is C17H19N3O4S3. The molecule has 2 N–H and O–H groups in total. The molecule has 10 heteroatoms. The number of hydrogen-bond acceptors (Lipinski definition) is 7. The molecule has 0 fully saturated rings. The number of benzene rings is 1. The van der Waals surface area contributed by atoms with Crippen LogP contribution in [0.3, 0.4) is 0 Å². The van der Waals surface area contributed by atoms with E-state index in [1.807, 2.05) is 6.07 Å². The molecule has 144 valence electrons. The number of amides is 1. The maximum atomic E-state index is 12.7. The average molecular weight is 426 g/mol. The highest BCUT2D eigenvalue weighted by Gasteiger charge is 2.29. The second-order valence-corrected chi connectivity index (χ2v) is 10.0. The van der Waals surface area contributed by atoms with Crippen molar-refractivity contribution in [1.29, 1.82) is 0 Å². The number of carbonyl (C=O) groups excluding carboxylic acids is 1. The molecule has 0 aliphatic carbocycles. The average Bonchev–Trinajstić information content (AvgIpc) is 3.28. The van der Waals surface area contributed by atoms with Crippen LogP contribution in [0.25, 0.3) is 10.2 Å². The van der Waals surface area contributed by atoms with Gasteiger partial charge in [-0.15, -0.1) is 11.3 Å². The Hall–Kier alpha value is -2.01. The molecule has 1 aromatic carbocycles.